The lowest BCUT2D eigenvalue weighted by molar-refractivity contribution is -0.117. The number of methoxy groups -OCH3 is 2. The number of fused-ring (bicyclic) bond motifs is 1. The van der Waals surface area contributed by atoms with E-state index in [1.165, 1.54) is 0 Å². The van der Waals surface area contributed by atoms with Crippen molar-refractivity contribution in [2.24, 2.45) is 0 Å². The third kappa shape index (κ3) is 3.03. The predicted molar refractivity (Wildman–Crippen MR) is 104 cm³/mol. The zero-order chi connectivity index (χ0) is 19.0. The molecule has 2 aromatic rings. The van der Waals surface area contributed by atoms with Gasteiger partial charge in [0, 0.05) is 35.9 Å². The van der Waals surface area contributed by atoms with E-state index in [9.17, 15) is 9.59 Å². The molecule has 2 aliphatic rings. The first-order chi connectivity index (χ1) is 13.1. The van der Waals surface area contributed by atoms with Crippen molar-refractivity contribution in [1.82, 2.24) is 0 Å². The second-order valence-electron chi connectivity index (χ2n) is 6.51. The van der Waals surface area contributed by atoms with Crippen molar-refractivity contribution in [3.05, 3.63) is 47.5 Å². The number of benzene rings is 2. The zero-order valence-electron chi connectivity index (χ0n) is 15.2. The molecule has 6 heteroatoms. The first-order valence-electron chi connectivity index (χ1n) is 8.80. The molecule has 2 heterocycles. The summed E-state index contributed by atoms with van der Waals surface area (Å²) in [7, 11) is 3.12. The zero-order valence-corrected chi connectivity index (χ0v) is 15.2. The fourth-order valence-corrected chi connectivity index (χ4v) is 3.53. The first-order valence-corrected chi connectivity index (χ1v) is 8.80. The number of carbonyl (C=O) groups is 2. The fourth-order valence-electron chi connectivity index (χ4n) is 3.53. The van der Waals surface area contributed by atoms with Crippen LogP contribution < -0.4 is 19.7 Å². The molecule has 2 aliphatic heterocycles. The lowest BCUT2D eigenvalue weighted by atomic mass is 10.0. The topological polar surface area (TPSA) is 67.9 Å². The molecule has 27 heavy (non-hydrogen) atoms. The molecule has 0 unspecified atom stereocenters. The van der Waals surface area contributed by atoms with Crippen LogP contribution in [0.2, 0.25) is 0 Å². The summed E-state index contributed by atoms with van der Waals surface area (Å²) < 4.78 is 10.7. The van der Waals surface area contributed by atoms with Crippen molar-refractivity contribution >= 4 is 34.8 Å². The SMILES string of the molecule is COc1cc2c(cc1OC)/C(=C/c1cccc(N3CCCC3=O)c1)C(=O)N2. The highest BCUT2D eigenvalue weighted by atomic mass is 16.5. The third-order valence-electron chi connectivity index (χ3n) is 4.87. The van der Waals surface area contributed by atoms with Crippen LogP contribution in [0.4, 0.5) is 11.4 Å². The minimum absolute atomic E-state index is 0.139. The number of anilines is 2. The smallest absolute Gasteiger partial charge is 0.256 e. The number of rotatable bonds is 4. The number of amides is 2. The molecule has 1 fully saturated rings. The van der Waals surface area contributed by atoms with Crippen molar-refractivity contribution in [1.29, 1.82) is 0 Å². The van der Waals surface area contributed by atoms with E-state index in [1.807, 2.05) is 30.3 Å². The van der Waals surface area contributed by atoms with E-state index in [0.29, 0.717) is 29.2 Å². The molecule has 0 spiro atoms. The van der Waals surface area contributed by atoms with E-state index in [1.54, 1.807) is 31.3 Å². The van der Waals surface area contributed by atoms with Gasteiger partial charge in [0.05, 0.1) is 19.9 Å². The Morgan fingerprint density at radius 1 is 1.07 bits per heavy atom. The fraction of sp³-hybridized carbons (Fsp3) is 0.238. The van der Waals surface area contributed by atoms with Crippen LogP contribution in [0.1, 0.15) is 24.0 Å². The Hall–Kier alpha value is -3.28. The van der Waals surface area contributed by atoms with Crippen LogP contribution in [-0.4, -0.2) is 32.6 Å². The van der Waals surface area contributed by atoms with Crippen LogP contribution in [0.25, 0.3) is 11.6 Å². The maximum atomic E-state index is 12.5. The van der Waals surface area contributed by atoms with Gasteiger partial charge in [-0.1, -0.05) is 12.1 Å². The van der Waals surface area contributed by atoms with Gasteiger partial charge in [-0.05, 0) is 36.3 Å². The largest absolute Gasteiger partial charge is 0.493 e. The van der Waals surface area contributed by atoms with E-state index in [2.05, 4.69) is 5.32 Å². The highest BCUT2D eigenvalue weighted by Crippen LogP contribution is 2.41. The Bertz CT molecular complexity index is 965. The molecule has 0 atom stereocenters. The average molecular weight is 364 g/mol. The second-order valence-corrected chi connectivity index (χ2v) is 6.51. The van der Waals surface area contributed by atoms with Crippen molar-refractivity contribution in [3.8, 4) is 11.5 Å². The van der Waals surface area contributed by atoms with E-state index in [0.717, 1.165) is 29.8 Å². The average Bonchev–Trinajstić information content (AvgIpc) is 3.24. The standard InChI is InChI=1S/C21H20N2O4/c1-26-18-11-15-16(21(25)22-17(15)12-19(18)27-2)10-13-5-3-6-14(9-13)23-8-4-7-20(23)24/h3,5-6,9-12H,4,7-8H2,1-2H3,(H,22,25)/b16-10-. The van der Waals surface area contributed by atoms with E-state index in [-0.39, 0.29) is 11.8 Å². The van der Waals surface area contributed by atoms with Gasteiger partial charge in [0.25, 0.3) is 5.91 Å². The first kappa shape index (κ1) is 17.1. The normalized spacial score (nSPS) is 17.3. The van der Waals surface area contributed by atoms with Crippen LogP contribution in [0.3, 0.4) is 0 Å². The van der Waals surface area contributed by atoms with Gasteiger partial charge in [-0.15, -0.1) is 0 Å². The second kappa shape index (κ2) is 6.79. The minimum atomic E-state index is -0.178. The Labute approximate surface area is 157 Å². The summed E-state index contributed by atoms with van der Waals surface area (Å²) in [5, 5.41) is 2.86. The molecule has 4 rings (SSSR count). The molecule has 0 bridgehead atoms. The summed E-state index contributed by atoms with van der Waals surface area (Å²) >= 11 is 0. The maximum absolute atomic E-state index is 12.5. The summed E-state index contributed by atoms with van der Waals surface area (Å²) in [4.78, 5) is 26.3. The lowest BCUT2D eigenvalue weighted by Crippen LogP contribution is -2.23. The quantitative estimate of drug-likeness (QED) is 0.845. The van der Waals surface area contributed by atoms with Crippen molar-refractivity contribution in [2.75, 3.05) is 31.0 Å². The van der Waals surface area contributed by atoms with Crippen molar-refractivity contribution in [2.45, 2.75) is 12.8 Å². The van der Waals surface area contributed by atoms with Gasteiger partial charge in [0.2, 0.25) is 5.91 Å². The van der Waals surface area contributed by atoms with Crippen molar-refractivity contribution < 1.29 is 19.1 Å². The number of nitrogens with one attached hydrogen (secondary N) is 1. The third-order valence-corrected chi connectivity index (χ3v) is 4.87. The Kier molecular flexibility index (Phi) is 4.32. The number of hydrogen-bond donors (Lipinski definition) is 1. The van der Waals surface area contributed by atoms with Gasteiger partial charge in [-0.25, -0.2) is 0 Å². The highest BCUT2D eigenvalue weighted by Gasteiger charge is 2.27. The molecular formula is C21H20N2O4. The van der Waals surface area contributed by atoms with Gasteiger partial charge in [-0.2, -0.15) is 0 Å². The van der Waals surface area contributed by atoms with Crippen LogP contribution in [-0.2, 0) is 9.59 Å². The van der Waals surface area contributed by atoms with Gasteiger partial charge in [0.15, 0.2) is 11.5 Å². The summed E-state index contributed by atoms with van der Waals surface area (Å²) in [6.45, 7) is 0.735. The monoisotopic (exact) mass is 364 g/mol. The summed E-state index contributed by atoms with van der Waals surface area (Å²) in [6.07, 6.45) is 3.29. The molecule has 0 aliphatic carbocycles. The lowest BCUT2D eigenvalue weighted by Gasteiger charge is -2.16. The molecular weight excluding hydrogens is 344 g/mol. The highest BCUT2D eigenvalue weighted by molar-refractivity contribution is 6.35. The molecule has 1 N–H and O–H groups in total. The predicted octanol–water partition coefficient (Wildman–Crippen LogP) is 3.32. The van der Waals surface area contributed by atoms with Gasteiger partial charge < -0.3 is 19.7 Å². The van der Waals surface area contributed by atoms with Crippen LogP contribution >= 0.6 is 0 Å². The number of nitrogens with zero attached hydrogens (tertiary/aromatic N) is 1. The van der Waals surface area contributed by atoms with Crippen molar-refractivity contribution in [3.63, 3.8) is 0 Å². The molecule has 0 saturated carbocycles. The van der Waals surface area contributed by atoms with E-state index >= 15 is 0 Å². The van der Waals surface area contributed by atoms with Crippen LogP contribution in [0.5, 0.6) is 11.5 Å². The minimum Gasteiger partial charge on any atom is -0.493 e. The van der Waals surface area contributed by atoms with Gasteiger partial charge in [-0.3, -0.25) is 9.59 Å². The maximum Gasteiger partial charge on any atom is 0.256 e. The van der Waals surface area contributed by atoms with E-state index < -0.39 is 0 Å². The molecule has 2 amide bonds. The summed E-state index contributed by atoms with van der Waals surface area (Å²) in [6, 6.07) is 11.2. The molecule has 138 valence electrons. The van der Waals surface area contributed by atoms with Gasteiger partial charge in [0.1, 0.15) is 0 Å². The summed E-state index contributed by atoms with van der Waals surface area (Å²) in [5.74, 6) is 1.09. The molecule has 6 nitrogen and oxygen atoms in total. The number of carbonyl (C=O) groups excluding carboxylic acids is 2. The Morgan fingerprint density at radius 3 is 2.56 bits per heavy atom. The number of ether oxygens (including phenoxy) is 2. The van der Waals surface area contributed by atoms with Crippen LogP contribution in [0, 0.1) is 0 Å². The Balaban J connectivity index is 1.73. The van der Waals surface area contributed by atoms with E-state index in [4.69, 9.17) is 9.47 Å². The van der Waals surface area contributed by atoms with Gasteiger partial charge >= 0.3 is 0 Å². The Morgan fingerprint density at radius 2 is 1.85 bits per heavy atom. The molecule has 0 radical (unpaired) electrons. The summed E-state index contributed by atoms with van der Waals surface area (Å²) in [5.41, 5.74) is 3.73. The number of hydrogen-bond acceptors (Lipinski definition) is 4. The molecule has 1 saturated heterocycles. The van der Waals surface area contributed by atoms with Crippen LogP contribution in [0.15, 0.2) is 36.4 Å². The molecule has 0 aromatic heterocycles. The molecule has 2 aromatic carbocycles.